The molecule has 4 rings (SSSR count). The number of aromatic nitrogens is 3. The lowest BCUT2D eigenvalue weighted by atomic mass is 10.0. The van der Waals surface area contributed by atoms with Crippen LogP contribution in [0.3, 0.4) is 0 Å². The summed E-state index contributed by atoms with van der Waals surface area (Å²) in [5, 5.41) is 16.6. The van der Waals surface area contributed by atoms with Crippen LogP contribution in [0.15, 0.2) is 18.2 Å². The normalized spacial score (nSPS) is 23.1. The molecule has 1 aromatic heterocycles. The van der Waals surface area contributed by atoms with Crippen molar-refractivity contribution < 1.29 is 9.90 Å². The molecule has 0 radical (unpaired) electrons. The minimum Gasteiger partial charge on any atom is -0.506 e. The maximum Gasteiger partial charge on any atom is 0.233 e. The standard InChI is InChI=1S/C28H47N11O2/c1-17(2)6-4-3-5-7-25(41)34-23-9-8-22(12-24(23)40)33-26-35-27(38-13-18(29)10-19(30)14-38)37-28(36-26)39-15-20(31)11-21(32)16-39/h8-9,12,17-21,40H,3-7,10-11,13-16,29-32H2,1-2H3,(H,34,41)(H,33,35,36,37)/t18-,19+,20-,21+. The third-order valence-electron chi connectivity index (χ3n) is 7.42. The Morgan fingerprint density at radius 3 is 1.98 bits per heavy atom. The van der Waals surface area contributed by atoms with Crippen LogP contribution in [-0.2, 0) is 4.79 Å². The van der Waals surface area contributed by atoms with Crippen LogP contribution in [0.4, 0.5) is 29.2 Å². The quantitative estimate of drug-likeness (QED) is 0.152. The second-order valence-electron chi connectivity index (χ2n) is 12.0. The van der Waals surface area contributed by atoms with Crippen molar-refractivity contribution in [3.05, 3.63) is 18.2 Å². The molecular weight excluding hydrogens is 522 g/mol. The van der Waals surface area contributed by atoms with Crippen molar-refractivity contribution in [2.75, 3.05) is 46.6 Å². The predicted octanol–water partition coefficient (Wildman–Crippen LogP) is 1.60. The van der Waals surface area contributed by atoms with Crippen LogP contribution >= 0.6 is 0 Å². The molecule has 1 amide bonds. The maximum absolute atomic E-state index is 12.4. The van der Waals surface area contributed by atoms with Gasteiger partial charge in [0.2, 0.25) is 23.8 Å². The average molecular weight is 570 g/mol. The Bertz CT molecular complexity index is 1100. The molecule has 1 aromatic carbocycles. The minimum atomic E-state index is -0.117. The molecule has 226 valence electrons. The molecule has 0 aliphatic carbocycles. The molecule has 2 saturated heterocycles. The molecule has 0 spiro atoms. The van der Waals surface area contributed by atoms with Gasteiger partial charge in [-0.25, -0.2) is 0 Å². The van der Waals surface area contributed by atoms with E-state index >= 15 is 0 Å². The van der Waals surface area contributed by atoms with Crippen molar-refractivity contribution in [1.82, 2.24) is 15.0 Å². The third-order valence-corrected chi connectivity index (χ3v) is 7.42. The second kappa shape index (κ2) is 14.1. The highest BCUT2D eigenvalue weighted by Crippen LogP contribution is 2.29. The van der Waals surface area contributed by atoms with Gasteiger partial charge in [-0.15, -0.1) is 0 Å². The Morgan fingerprint density at radius 1 is 0.902 bits per heavy atom. The van der Waals surface area contributed by atoms with Crippen molar-refractivity contribution in [2.45, 2.75) is 83.0 Å². The predicted molar refractivity (Wildman–Crippen MR) is 163 cm³/mol. The number of rotatable bonds is 11. The monoisotopic (exact) mass is 569 g/mol. The number of aromatic hydroxyl groups is 1. The first-order valence-electron chi connectivity index (χ1n) is 14.7. The molecule has 13 nitrogen and oxygen atoms in total. The zero-order valence-corrected chi connectivity index (χ0v) is 24.3. The summed E-state index contributed by atoms with van der Waals surface area (Å²) in [5.74, 6) is 1.70. The van der Waals surface area contributed by atoms with Crippen molar-refractivity contribution in [2.24, 2.45) is 28.9 Å². The van der Waals surface area contributed by atoms with E-state index in [4.69, 9.17) is 27.9 Å². The third kappa shape index (κ3) is 9.12. The van der Waals surface area contributed by atoms with Crippen LogP contribution in [0.2, 0.25) is 0 Å². The number of hydrogen-bond donors (Lipinski definition) is 7. The van der Waals surface area contributed by atoms with Gasteiger partial charge in [-0.1, -0.05) is 33.1 Å². The Labute approximate surface area is 242 Å². The Hall–Kier alpha value is -3.26. The lowest BCUT2D eigenvalue weighted by Gasteiger charge is -2.37. The number of benzene rings is 1. The first-order chi connectivity index (χ1) is 19.5. The van der Waals surface area contributed by atoms with E-state index in [1.54, 1.807) is 12.1 Å². The molecule has 0 bridgehead atoms. The SMILES string of the molecule is CC(C)CCCCCC(=O)Nc1ccc(Nc2nc(N3C[C@H](N)C[C@H](N)C3)nc(N3C[C@H](N)C[C@H](N)C3)n2)cc1O. The molecule has 4 atom stereocenters. The van der Waals surface area contributed by atoms with Gasteiger partial charge in [0.05, 0.1) is 5.69 Å². The van der Waals surface area contributed by atoms with E-state index in [0.29, 0.717) is 67.7 Å². The van der Waals surface area contributed by atoms with Gasteiger partial charge in [-0.3, -0.25) is 4.79 Å². The highest BCUT2D eigenvalue weighted by molar-refractivity contribution is 5.92. The number of unbranched alkanes of at least 4 members (excludes halogenated alkanes) is 2. The summed E-state index contributed by atoms with van der Waals surface area (Å²) in [6.45, 7) is 6.69. The fourth-order valence-electron chi connectivity index (χ4n) is 5.45. The van der Waals surface area contributed by atoms with Crippen molar-refractivity contribution in [1.29, 1.82) is 0 Å². The molecule has 2 aliphatic rings. The topological polar surface area (TPSA) is 211 Å². The van der Waals surface area contributed by atoms with Gasteiger partial charge >= 0.3 is 0 Å². The number of carbonyl (C=O) groups excluding carboxylic acids is 1. The highest BCUT2D eigenvalue weighted by atomic mass is 16.3. The molecule has 11 N–H and O–H groups in total. The number of nitrogens with zero attached hydrogens (tertiary/aromatic N) is 5. The smallest absolute Gasteiger partial charge is 0.233 e. The molecule has 0 unspecified atom stereocenters. The summed E-state index contributed by atoms with van der Waals surface area (Å²) in [6.07, 6.45) is 6.00. The second-order valence-corrected chi connectivity index (χ2v) is 12.0. The van der Waals surface area contributed by atoms with Crippen LogP contribution in [0.5, 0.6) is 5.75 Å². The minimum absolute atomic E-state index is 0.0568. The van der Waals surface area contributed by atoms with Crippen LogP contribution in [0.25, 0.3) is 0 Å². The van der Waals surface area contributed by atoms with E-state index in [1.165, 1.54) is 12.5 Å². The Morgan fingerprint density at radius 2 is 1.46 bits per heavy atom. The number of phenols is 1. The van der Waals surface area contributed by atoms with Gasteiger partial charge in [0.1, 0.15) is 5.75 Å². The largest absolute Gasteiger partial charge is 0.506 e. The van der Waals surface area contributed by atoms with Crippen LogP contribution in [0.1, 0.15) is 58.8 Å². The van der Waals surface area contributed by atoms with E-state index < -0.39 is 0 Å². The molecular formula is C28H47N11O2. The summed E-state index contributed by atoms with van der Waals surface area (Å²) in [7, 11) is 0. The van der Waals surface area contributed by atoms with Crippen LogP contribution < -0.4 is 43.4 Å². The first-order valence-corrected chi connectivity index (χ1v) is 14.7. The highest BCUT2D eigenvalue weighted by Gasteiger charge is 2.28. The molecule has 3 heterocycles. The van der Waals surface area contributed by atoms with Crippen LogP contribution in [-0.4, -0.2) is 76.3 Å². The van der Waals surface area contributed by atoms with Crippen molar-refractivity contribution in [3.8, 4) is 5.75 Å². The summed E-state index contributed by atoms with van der Waals surface area (Å²) in [4.78, 5) is 30.4. The lowest BCUT2D eigenvalue weighted by Crippen LogP contribution is -2.54. The van der Waals surface area contributed by atoms with E-state index in [-0.39, 0.29) is 35.8 Å². The lowest BCUT2D eigenvalue weighted by molar-refractivity contribution is -0.116. The first kappa shape index (κ1) is 30.7. The van der Waals surface area contributed by atoms with E-state index in [9.17, 15) is 9.90 Å². The molecule has 2 fully saturated rings. The van der Waals surface area contributed by atoms with Gasteiger partial charge in [-0.05, 0) is 37.3 Å². The van der Waals surface area contributed by atoms with Crippen LogP contribution in [0, 0.1) is 5.92 Å². The molecule has 2 aromatic rings. The Balaban J connectivity index is 1.48. The van der Waals surface area contributed by atoms with E-state index in [2.05, 4.69) is 34.4 Å². The Kier molecular flexibility index (Phi) is 10.5. The van der Waals surface area contributed by atoms with Gasteiger partial charge in [0.15, 0.2) is 0 Å². The summed E-state index contributed by atoms with van der Waals surface area (Å²) < 4.78 is 0. The molecule has 13 heteroatoms. The van der Waals surface area contributed by atoms with E-state index in [0.717, 1.165) is 32.1 Å². The van der Waals surface area contributed by atoms with Crippen molar-refractivity contribution >= 4 is 35.1 Å². The fraction of sp³-hybridized carbons (Fsp3) is 0.643. The summed E-state index contributed by atoms with van der Waals surface area (Å²) >= 11 is 0. The average Bonchev–Trinajstić information content (AvgIpc) is 2.88. The number of carbonyl (C=O) groups is 1. The zero-order valence-electron chi connectivity index (χ0n) is 24.3. The number of nitrogens with one attached hydrogen (secondary N) is 2. The molecule has 2 aliphatic heterocycles. The van der Waals surface area contributed by atoms with Gasteiger partial charge < -0.3 is 48.5 Å². The van der Waals surface area contributed by atoms with Gasteiger partial charge in [0, 0.05) is 68.5 Å². The van der Waals surface area contributed by atoms with Gasteiger partial charge in [0.25, 0.3) is 0 Å². The number of anilines is 5. The van der Waals surface area contributed by atoms with Gasteiger partial charge in [-0.2, -0.15) is 15.0 Å². The number of nitrogens with two attached hydrogens (primary N) is 4. The fourth-order valence-corrected chi connectivity index (χ4v) is 5.45. The number of hydrogen-bond acceptors (Lipinski definition) is 12. The zero-order chi connectivity index (χ0) is 29.5. The summed E-state index contributed by atoms with van der Waals surface area (Å²) in [6, 6.07) is 4.57. The van der Waals surface area contributed by atoms with Crippen molar-refractivity contribution in [3.63, 3.8) is 0 Å². The summed E-state index contributed by atoms with van der Waals surface area (Å²) in [5.41, 5.74) is 25.9. The molecule has 0 saturated carbocycles. The molecule has 41 heavy (non-hydrogen) atoms. The maximum atomic E-state index is 12.4. The van der Waals surface area contributed by atoms with E-state index in [1.807, 2.05) is 9.80 Å². The number of amides is 1. The number of piperidine rings is 2. The number of phenolic OH excluding ortho intramolecular Hbond substituents is 1.